The Kier molecular flexibility index (Phi) is 4.90. The monoisotopic (exact) mass is 272 g/mol. The van der Waals surface area contributed by atoms with E-state index in [2.05, 4.69) is 0 Å². The molecule has 106 valence electrons. The van der Waals surface area contributed by atoms with Crippen molar-refractivity contribution in [3.8, 4) is 0 Å². The minimum absolute atomic E-state index is 0.544. The Balaban J connectivity index is 2.64. The van der Waals surface area contributed by atoms with Crippen molar-refractivity contribution < 1.29 is 14.2 Å². The fourth-order valence-electron chi connectivity index (χ4n) is 2.57. The predicted molar refractivity (Wildman–Crippen MR) is 78.5 cm³/mol. The zero-order valence-electron chi connectivity index (χ0n) is 12.1. The Morgan fingerprint density at radius 1 is 0.700 bits per heavy atom. The summed E-state index contributed by atoms with van der Waals surface area (Å²) in [6.45, 7) is 0. The molecule has 0 aliphatic rings. The molecule has 0 amide bonds. The molecule has 3 nitrogen and oxygen atoms in total. The summed E-state index contributed by atoms with van der Waals surface area (Å²) in [7, 11) is 4.91. The maximum atomic E-state index is 5.90. The van der Waals surface area contributed by atoms with Crippen molar-refractivity contribution in [2.24, 2.45) is 0 Å². The third-order valence-corrected chi connectivity index (χ3v) is 3.49. The molecule has 2 aromatic rings. The SMILES string of the molecule is COC(OC)C(OC)(c1ccccc1)c1ccccc1. The Morgan fingerprint density at radius 2 is 1.10 bits per heavy atom. The van der Waals surface area contributed by atoms with Crippen LogP contribution in [0.5, 0.6) is 0 Å². The lowest BCUT2D eigenvalue weighted by Gasteiger charge is -2.38. The molecule has 0 radical (unpaired) electrons. The fraction of sp³-hybridized carbons (Fsp3) is 0.294. The normalized spacial score (nSPS) is 11.8. The number of methoxy groups -OCH3 is 3. The molecular formula is C17H20O3. The summed E-state index contributed by atoms with van der Waals surface area (Å²) >= 11 is 0. The third-order valence-electron chi connectivity index (χ3n) is 3.49. The summed E-state index contributed by atoms with van der Waals surface area (Å²) in [6, 6.07) is 19.9. The highest BCUT2D eigenvalue weighted by Gasteiger charge is 2.43. The molecule has 3 heteroatoms. The Bertz CT molecular complexity index is 467. The van der Waals surface area contributed by atoms with Gasteiger partial charge in [-0.25, -0.2) is 0 Å². The second kappa shape index (κ2) is 6.66. The van der Waals surface area contributed by atoms with Crippen LogP contribution in [0, 0.1) is 0 Å². The zero-order chi connectivity index (χ0) is 14.4. The number of rotatable bonds is 6. The van der Waals surface area contributed by atoms with E-state index in [0.717, 1.165) is 11.1 Å². The maximum Gasteiger partial charge on any atom is 0.194 e. The molecule has 0 saturated heterocycles. The number of benzene rings is 2. The van der Waals surface area contributed by atoms with E-state index >= 15 is 0 Å². The number of ether oxygens (including phenoxy) is 3. The maximum absolute atomic E-state index is 5.90. The first-order valence-electron chi connectivity index (χ1n) is 6.51. The molecule has 0 saturated carbocycles. The average molecular weight is 272 g/mol. The van der Waals surface area contributed by atoms with Gasteiger partial charge in [-0.05, 0) is 11.1 Å². The summed E-state index contributed by atoms with van der Waals surface area (Å²) in [4.78, 5) is 0. The summed E-state index contributed by atoms with van der Waals surface area (Å²) in [5, 5.41) is 0. The Morgan fingerprint density at radius 3 is 1.40 bits per heavy atom. The van der Waals surface area contributed by atoms with Crippen LogP contribution < -0.4 is 0 Å². The minimum atomic E-state index is -0.800. The second-order valence-electron chi connectivity index (χ2n) is 4.48. The Hall–Kier alpha value is -1.68. The van der Waals surface area contributed by atoms with Crippen LogP contribution in [-0.2, 0) is 19.8 Å². The van der Waals surface area contributed by atoms with Crippen LogP contribution in [0.15, 0.2) is 60.7 Å². The van der Waals surface area contributed by atoms with Crippen molar-refractivity contribution in [2.45, 2.75) is 11.9 Å². The smallest absolute Gasteiger partial charge is 0.194 e. The van der Waals surface area contributed by atoms with E-state index in [-0.39, 0.29) is 0 Å². The molecule has 0 unspecified atom stereocenters. The number of hydrogen-bond acceptors (Lipinski definition) is 3. The first kappa shape index (κ1) is 14.7. The molecule has 0 aromatic heterocycles. The fourth-order valence-corrected chi connectivity index (χ4v) is 2.57. The molecule has 20 heavy (non-hydrogen) atoms. The van der Waals surface area contributed by atoms with Crippen molar-refractivity contribution in [2.75, 3.05) is 21.3 Å². The van der Waals surface area contributed by atoms with Crippen molar-refractivity contribution in [1.29, 1.82) is 0 Å². The van der Waals surface area contributed by atoms with Crippen LogP contribution in [0.2, 0.25) is 0 Å². The number of hydrogen-bond donors (Lipinski definition) is 0. The molecule has 2 aromatic carbocycles. The standard InChI is InChI=1S/C17H20O3/c1-18-16(19-2)17(20-3,14-10-6-4-7-11-14)15-12-8-5-9-13-15/h4-13,16H,1-3H3. The van der Waals surface area contributed by atoms with E-state index in [1.165, 1.54) is 0 Å². The highest BCUT2D eigenvalue weighted by atomic mass is 16.7. The highest BCUT2D eigenvalue weighted by Crippen LogP contribution is 2.38. The molecular weight excluding hydrogens is 252 g/mol. The van der Waals surface area contributed by atoms with Gasteiger partial charge < -0.3 is 14.2 Å². The van der Waals surface area contributed by atoms with Crippen LogP contribution in [0.3, 0.4) is 0 Å². The minimum Gasteiger partial charge on any atom is -0.363 e. The van der Waals surface area contributed by atoms with E-state index in [1.807, 2.05) is 60.7 Å². The lowest BCUT2D eigenvalue weighted by molar-refractivity contribution is -0.214. The van der Waals surface area contributed by atoms with Gasteiger partial charge in [0.25, 0.3) is 0 Å². The van der Waals surface area contributed by atoms with Gasteiger partial charge in [-0.1, -0.05) is 60.7 Å². The van der Waals surface area contributed by atoms with Gasteiger partial charge in [0.15, 0.2) is 11.9 Å². The van der Waals surface area contributed by atoms with Gasteiger partial charge in [-0.2, -0.15) is 0 Å². The van der Waals surface area contributed by atoms with Gasteiger partial charge in [0.05, 0.1) is 0 Å². The molecule has 0 spiro atoms. The highest BCUT2D eigenvalue weighted by molar-refractivity contribution is 5.37. The quantitative estimate of drug-likeness (QED) is 0.756. The topological polar surface area (TPSA) is 27.7 Å². The molecule has 0 aliphatic heterocycles. The van der Waals surface area contributed by atoms with E-state index in [4.69, 9.17) is 14.2 Å². The van der Waals surface area contributed by atoms with Crippen LogP contribution in [0.1, 0.15) is 11.1 Å². The first-order chi connectivity index (χ1) is 9.79. The van der Waals surface area contributed by atoms with Gasteiger partial charge in [-0.3, -0.25) is 0 Å². The van der Waals surface area contributed by atoms with Gasteiger partial charge in [0, 0.05) is 21.3 Å². The lowest BCUT2D eigenvalue weighted by atomic mass is 9.85. The van der Waals surface area contributed by atoms with Crippen molar-refractivity contribution in [1.82, 2.24) is 0 Å². The van der Waals surface area contributed by atoms with Gasteiger partial charge >= 0.3 is 0 Å². The summed E-state index contributed by atoms with van der Waals surface area (Å²) < 4.78 is 16.9. The second-order valence-corrected chi connectivity index (χ2v) is 4.48. The summed E-state index contributed by atoms with van der Waals surface area (Å²) in [5.41, 5.74) is 1.18. The predicted octanol–water partition coefficient (Wildman–Crippen LogP) is 3.20. The van der Waals surface area contributed by atoms with Crippen molar-refractivity contribution >= 4 is 0 Å². The van der Waals surface area contributed by atoms with E-state index < -0.39 is 11.9 Å². The van der Waals surface area contributed by atoms with E-state index in [0.29, 0.717) is 0 Å². The van der Waals surface area contributed by atoms with E-state index in [9.17, 15) is 0 Å². The molecule has 0 bridgehead atoms. The summed E-state index contributed by atoms with van der Waals surface area (Å²) in [5.74, 6) is 0. The van der Waals surface area contributed by atoms with Crippen LogP contribution in [0.4, 0.5) is 0 Å². The molecule has 0 N–H and O–H groups in total. The van der Waals surface area contributed by atoms with Crippen LogP contribution in [0.25, 0.3) is 0 Å². The van der Waals surface area contributed by atoms with Crippen molar-refractivity contribution in [3.63, 3.8) is 0 Å². The molecule has 2 rings (SSSR count). The lowest BCUT2D eigenvalue weighted by Crippen LogP contribution is -2.44. The summed E-state index contributed by atoms with van der Waals surface area (Å²) in [6.07, 6.45) is -0.544. The first-order valence-corrected chi connectivity index (χ1v) is 6.51. The van der Waals surface area contributed by atoms with Crippen LogP contribution >= 0.6 is 0 Å². The zero-order valence-corrected chi connectivity index (χ0v) is 12.1. The average Bonchev–Trinajstić information content (AvgIpc) is 2.54. The van der Waals surface area contributed by atoms with Gasteiger partial charge in [0.2, 0.25) is 0 Å². The van der Waals surface area contributed by atoms with Gasteiger partial charge in [0.1, 0.15) is 0 Å². The largest absolute Gasteiger partial charge is 0.363 e. The van der Waals surface area contributed by atoms with Crippen molar-refractivity contribution in [3.05, 3.63) is 71.8 Å². The van der Waals surface area contributed by atoms with Crippen LogP contribution in [-0.4, -0.2) is 27.6 Å². The molecule has 0 aliphatic carbocycles. The Labute approximate surface area is 120 Å². The third kappa shape index (κ3) is 2.48. The molecule has 0 atom stereocenters. The molecule has 0 fully saturated rings. The molecule has 0 heterocycles. The van der Waals surface area contributed by atoms with E-state index in [1.54, 1.807) is 21.3 Å². The van der Waals surface area contributed by atoms with Gasteiger partial charge in [-0.15, -0.1) is 0 Å².